The number of hydrogen-bond donors (Lipinski definition) is 1. The summed E-state index contributed by atoms with van der Waals surface area (Å²) < 4.78 is 29.1. The van der Waals surface area contributed by atoms with Crippen molar-refractivity contribution < 1.29 is 17.9 Å². The zero-order valence-corrected chi connectivity index (χ0v) is 15.4. The van der Waals surface area contributed by atoms with E-state index in [2.05, 4.69) is 5.32 Å². The summed E-state index contributed by atoms with van der Waals surface area (Å²) in [7, 11) is -1.36. The zero-order valence-electron chi connectivity index (χ0n) is 14.6. The Bertz CT molecular complexity index is 868. The molecule has 1 atom stereocenters. The number of nitrogens with zero attached hydrogens (tertiary/aromatic N) is 1. The van der Waals surface area contributed by atoms with E-state index >= 15 is 0 Å². The van der Waals surface area contributed by atoms with Gasteiger partial charge in [-0.25, -0.2) is 8.42 Å². The third kappa shape index (κ3) is 4.54. The molecule has 1 aliphatic heterocycles. The highest BCUT2D eigenvalue weighted by atomic mass is 32.2. The number of sulfone groups is 1. The van der Waals surface area contributed by atoms with Crippen LogP contribution in [0.1, 0.15) is 6.42 Å². The number of carbonyl (C=O) groups excluding carboxylic acids is 1. The van der Waals surface area contributed by atoms with E-state index < -0.39 is 9.84 Å². The van der Waals surface area contributed by atoms with Crippen molar-refractivity contribution in [1.82, 2.24) is 4.90 Å². The minimum Gasteiger partial charge on any atom is -0.455 e. The van der Waals surface area contributed by atoms with Gasteiger partial charge in [-0.3, -0.25) is 4.79 Å². The van der Waals surface area contributed by atoms with E-state index in [-0.39, 0.29) is 30.0 Å². The van der Waals surface area contributed by atoms with Crippen molar-refractivity contribution >= 4 is 21.4 Å². The Balaban J connectivity index is 1.62. The summed E-state index contributed by atoms with van der Waals surface area (Å²) >= 11 is 0. The largest absolute Gasteiger partial charge is 0.455 e. The van der Waals surface area contributed by atoms with Crippen LogP contribution in [0.2, 0.25) is 0 Å². The minimum absolute atomic E-state index is 0.0446. The van der Waals surface area contributed by atoms with E-state index in [0.717, 1.165) is 0 Å². The molecular formula is C19H22N2O4S. The van der Waals surface area contributed by atoms with Crippen LogP contribution < -0.4 is 10.1 Å². The molecular weight excluding hydrogens is 352 g/mol. The maximum absolute atomic E-state index is 12.4. The first kappa shape index (κ1) is 18.3. The van der Waals surface area contributed by atoms with Crippen LogP contribution in [0.5, 0.6) is 11.5 Å². The maximum Gasteiger partial charge on any atom is 0.241 e. The molecule has 0 aromatic heterocycles. The lowest BCUT2D eigenvalue weighted by atomic mass is 10.2. The Labute approximate surface area is 153 Å². The second-order valence-corrected chi connectivity index (χ2v) is 8.56. The first-order valence-corrected chi connectivity index (χ1v) is 10.3. The number of carbonyl (C=O) groups is 1. The van der Waals surface area contributed by atoms with Gasteiger partial charge in [0.15, 0.2) is 15.6 Å². The van der Waals surface area contributed by atoms with Gasteiger partial charge < -0.3 is 15.0 Å². The van der Waals surface area contributed by atoms with Gasteiger partial charge in [0.2, 0.25) is 5.91 Å². The van der Waals surface area contributed by atoms with Crippen molar-refractivity contribution in [3.05, 3.63) is 54.6 Å². The fourth-order valence-electron chi connectivity index (χ4n) is 2.90. The standard InChI is InChI=1S/C19H22N2O4S/c1-21(15-11-12-26(23,24)14-15)19(22)13-20-17-9-5-6-10-18(17)25-16-7-3-2-4-8-16/h2-10,15,20H,11-14H2,1H3/t15-/m1/s1. The average molecular weight is 374 g/mol. The molecule has 0 aliphatic carbocycles. The van der Waals surface area contributed by atoms with Crippen molar-refractivity contribution in [2.45, 2.75) is 12.5 Å². The third-order valence-electron chi connectivity index (χ3n) is 4.44. The Kier molecular flexibility index (Phi) is 5.46. The van der Waals surface area contributed by atoms with E-state index in [1.165, 1.54) is 4.90 Å². The van der Waals surface area contributed by atoms with Crippen LogP contribution in [0.15, 0.2) is 54.6 Å². The molecule has 1 fully saturated rings. The number of rotatable bonds is 6. The molecule has 0 bridgehead atoms. The fraction of sp³-hybridized carbons (Fsp3) is 0.316. The van der Waals surface area contributed by atoms with Crippen LogP contribution in [0.4, 0.5) is 5.69 Å². The number of likely N-dealkylation sites (N-methyl/N-ethyl adjacent to an activating group) is 1. The molecule has 1 amide bonds. The molecule has 0 saturated carbocycles. The minimum atomic E-state index is -3.02. The summed E-state index contributed by atoms with van der Waals surface area (Å²) in [6.07, 6.45) is 0.498. The molecule has 2 aromatic rings. The highest BCUT2D eigenvalue weighted by Crippen LogP contribution is 2.29. The number of ether oxygens (including phenoxy) is 1. The monoisotopic (exact) mass is 374 g/mol. The topological polar surface area (TPSA) is 75.7 Å². The summed E-state index contributed by atoms with van der Waals surface area (Å²) in [6.45, 7) is 0.0716. The molecule has 0 radical (unpaired) electrons. The summed E-state index contributed by atoms with van der Waals surface area (Å²) in [4.78, 5) is 13.9. The first-order valence-electron chi connectivity index (χ1n) is 8.46. The smallest absolute Gasteiger partial charge is 0.241 e. The number of para-hydroxylation sites is 3. The van der Waals surface area contributed by atoms with Crippen molar-refractivity contribution in [1.29, 1.82) is 0 Å². The van der Waals surface area contributed by atoms with Crippen molar-refractivity contribution in [3.8, 4) is 11.5 Å². The Morgan fingerprint density at radius 1 is 1.15 bits per heavy atom. The number of anilines is 1. The van der Waals surface area contributed by atoms with Crippen molar-refractivity contribution in [3.63, 3.8) is 0 Å². The van der Waals surface area contributed by atoms with Crippen LogP contribution in [-0.2, 0) is 14.6 Å². The first-order chi connectivity index (χ1) is 12.4. The number of nitrogens with one attached hydrogen (secondary N) is 1. The molecule has 1 N–H and O–H groups in total. The molecule has 3 rings (SSSR count). The van der Waals surface area contributed by atoms with Crippen molar-refractivity contribution in [2.75, 3.05) is 30.4 Å². The van der Waals surface area contributed by atoms with Crippen LogP contribution >= 0.6 is 0 Å². The van der Waals surface area contributed by atoms with Crippen LogP contribution in [-0.4, -0.2) is 50.4 Å². The van der Waals surface area contributed by atoms with E-state index in [0.29, 0.717) is 23.6 Å². The van der Waals surface area contributed by atoms with Gasteiger partial charge in [0.1, 0.15) is 5.75 Å². The molecule has 1 aliphatic rings. The predicted octanol–water partition coefficient (Wildman–Crippen LogP) is 2.54. The van der Waals surface area contributed by atoms with E-state index in [1.807, 2.05) is 54.6 Å². The van der Waals surface area contributed by atoms with Gasteiger partial charge in [0.25, 0.3) is 0 Å². The van der Waals surface area contributed by atoms with Gasteiger partial charge in [0, 0.05) is 13.1 Å². The molecule has 1 heterocycles. The van der Waals surface area contributed by atoms with E-state index in [4.69, 9.17) is 4.74 Å². The highest BCUT2D eigenvalue weighted by molar-refractivity contribution is 7.91. The lowest BCUT2D eigenvalue weighted by molar-refractivity contribution is -0.129. The van der Waals surface area contributed by atoms with Gasteiger partial charge >= 0.3 is 0 Å². The molecule has 6 nitrogen and oxygen atoms in total. The number of hydrogen-bond acceptors (Lipinski definition) is 5. The predicted molar refractivity (Wildman–Crippen MR) is 101 cm³/mol. The molecule has 2 aromatic carbocycles. The van der Waals surface area contributed by atoms with Gasteiger partial charge in [-0.1, -0.05) is 30.3 Å². The van der Waals surface area contributed by atoms with Gasteiger partial charge in [-0.2, -0.15) is 0 Å². The molecule has 1 saturated heterocycles. The highest BCUT2D eigenvalue weighted by Gasteiger charge is 2.32. The molecule has 138 valence electrons. The average Bonchev–Trinajstić information content (AvgIpc) is 3.01. The SMILES string of the molecule is CN(C(=O)CNc1ccccc1Oc1ccccc1)[C@@H]1CCS(=O)(=O)C1. The second kappa shape index (κ2) is 7.78. The summed E-state index contributed by atoms with van der Waals surface area (Å²) in [5.41, 5.74) is 0.706. The normalized spacial score (nSPS) is 18.3. The molecule has 26 heavy (non-hydrogen) atoms. The van der Waals surface area contributed by atoms with E-state index in [1.54, 1.807) is 7.05 Å². The van der Waals surface area contributed by atoms with Crippen LogP contribution in [0, 0.1) is 0 Å². The lowest BCUT2D eigenvalue weighted by Gasteiger charge is -2.24. The number of benzene rings is 2. The molecule has 7 heteroatoms. The Hall–Kier alpha value is -2.54. The summed E-state index contributed by atoms with van der Waals surface area (Å²) in [5.74, 6) is 1.37. The van der Waals surface area contributed by atoms with Crippen LogP contribution in [0.3, 0.4) is 0 Å². The zero-order chi connectivity index (χ0) is 18.6. The number of amides is 1. The van der Waals surface area contributed by atoms with E-state index in [9.17, 15) is 13.2 Å². The summed E-state index contributed by atoms with van der Waals surface area (Å²) in [6, 6.07) is 16.5. The van der Waals surface area contributed by atoms with Crippen LogP contribution in [0.25, 0.3) is 0 Å². The quantitative estimate of drug-likeness (QED) is 0.841. The van der Waals surface area contributed by atoms with Gasteiger partial charge in [-0.15, -0.1) is 0 Å². The third-order valence-corrected chi connectivity index (χ3v) is 6.19. The Morgan fingerprint density at radius 3 is 2.54 bits per heavy atom. The molecule has 0 unspecified atom stereocenters. The summed E-state index contributed by atoms with van der Waals surface area (Å²) in [5, 5.41) is 3.09. The van der Waals surface area contributed by atoms with Gasteiger partial charge in [0.05, 0.1) is 23.7 Å². The maximum atomic E-state index is 12.4. The molecule has 0 spiro atoms. The second-order valence-electron chi connectivity index (χ2n) is 6.33. The van der Waals surface area contributed by atoms with Crippen molar-refractivity contribution in [2.24, 2.45) is 0 Å². The van der Waals surface area contributed by atoms with Gasteiger partial charge in [-0.05, 0) is 30.7 Å². The lowest BCUT2D eigenvalue weighted by Crippen LogP contribution is -2.40. The fourth-order valence-corrected chi connectivity index (χ4v) is 4.67. The Morgan fingerprint density at radius 2 is 1.85 bits per heavy atom.